The van der Waals surface area contributed by atoms with E-state index in [1.54, 1.807) is 18.0 Å². The predicted octanol–water partition coefficient (Wildman–Crippen LogP) is 5.27. The lowest BCUT2D eigenvalue weighted by Gasteiger charge is -2.32. The van der Waals surface area contributed by atoms with E-state index >= 15 is 0 Å². The Morgan fingerprint density at radius 2 is 1.90 bits per heavy atom. The van der Waals surface area contributed by atoms with Crippen molar-refractivity contribution in [3.63, 3.8) is 0 Å². The van der Waals surface area contributed by atoms with Gasteiger partial charge in [0.1, 0.15) is 0 Å². The number of nitrogens with zero attached hydrogens (tertiary/aromatic N) is 1. The van der Waals surface area contributed by atoms with Crippen molar-refractivity contribution < 1.29 is 9.21 Å². The van der Waals surface area contributed by atoms with Crippen molar-refractivity contribution in [1.82, 2.24) is 10.2 Å². The van der Waals surface area contributed by atoms with Crippen LogP contribution in [0.5, 0.6) is 0 Å². The number of carbonyl (C=O) groups is 1. The van der Waals surface area contributed by atoms with Gasteiger partial charge in [0.15, 0.2) is 5.76 Å². The smallest absolute Gasteiger partial charge is 0.287 e. The lowest BCUT2D eigenvalue weighted by molar-refractivity contribution is 0.0880. The number of piperidine rings is 1. The highest BCUT2D eigenvalue weighted by atomic mass is 32.2. The zero-order valence-electron chi connectivity index (χ0n) is 17.3. The number of likely N-dealkylation sites (tertiary alicyclic amines) is 1. The second-order valence-corrected chi connectivity index (χ2v) is 8.94. The Labute approximate surface area is 182 Å². The summed E-state index contributed by atoms with van der Waals surface area (Å²) in [6.07, 6.45) is 3.54. The third kappa shape index (κ3) is 5.55. The van der Waals surface area contributed by atoms with E-state index in [-0.39, 0.29) is 11.9 Å². The molecule has 5 heteroatoms. The van der Waals surface area contributed by atoms with E-state index in [1.807, 2.05) is 24.3 Å². The SMILES string of the molecule is Cc1cccc(CN2CCC(NC(=O)c3occc3CSc3ccccc3)CC2)c1. The number of aryl methyl sites for hydroxylation is 1. The summed E-state index contributed by atoms with van der Waals surface area (Å²) in [6, 6.07) is 21.0. The van der Waals surface area contributed by atoms with Crippen molar-refractivity contribution in [2.24, 2.45) is 0 Å². The van der Waals surface area contributed by atoms with Crippen molar-refractivity contribution in [3.8, 4) is 0 Å². The number of rotatable bonds is 7. The standard InChI is InChI=1S/C25H28N2O2S/c1-19-6-5-7-20(16-19)17-27-13-10-22(11-14-27)26-25(28)24-21(12-15-29-24)18-30-23-8-3-2-4-9-23/h2-9,12,15-16,22H,10-11,13-14,17-18H2,1H3,(H,26,28). The number of carbonyl (C=O) groups excluding carboxylic acids is 1. The fraction of sp³-hybridized carbons (Fsp3) is 0.320. The molecule has 30 heavy (non-hydrogen) atoms. The zero-order chi connectivity index (χ0) is 20.8. The summed E-state index contributed by atoms with van der Waals surface area (Å²) in [5, 5.41) is 3.18. The maximum Gasteiger partial charge on any atom is 0.287 e. The van der Waals surface area contributed by atoms with E-state index in [2.05, 4.69) is 53.5 Å². The van der Waals surface area contributed by atoms with Crippen molar-refractivity contribution in [2.75, 3.05) is 13.1 Å². The first-order valence-corrected chi connectivity index (χ1v) is 11.5. The van der Waals surface area contributed by atoms with Gasteiger partial charge in [-0.3, -0.25) is 9.69 Å². The molecular formula is C25H28N2O2S. The van der Waals surface area contributed by atoms with Crippen LogP contribution in [0.3, 0.4) is 0 Å². The molecule has 3 aromatic rings. The van der Waals surface area contributed by atoms with Crippen LogP contribution in [-0.4, -0.2) is 29.9 Å². The molecule has 0 unspecified atom stereocenters. The zero-order valence-corrected chi connectivity index (χ0v) is 18.2. The summed E-state index contributed by atoms with van der Waals surface area (Å²) < 4.78 is 5.53. The Kier molecular flexibility index (Phi) is 6.92. The van der Waals surface area contributed by atoms with E-state index in [1.165, 1.54) is 16.0 Å². The Morgan fingerprint density at radius 3 is 2.67 bits per heavy atom. The van der Waals surface area contributed by atoms with Crippen molar-refractivity contribution in [2.45, 2.75) is 43.0 Å². The highest BCUT2D eigenvalue weighted by molar-refractivity contribution is 7.98. The molecule has 0 aliphatic carbocycles. The van der Waals surface area contributed by atoms with Gasteiger partial charge >= 0.3 is 0 Å². The largest absolute Gasteiger partial charge is 0.459 e. The summed E-state index contributed by atoms with van der Waals surface area (Å²) in [6.45, 7) is 5.09. The van der Waals surface area contributed by atoms with Crippen LogP contribution < -0.4 is 5.32 Å². The Bertz CT molecular complexity index is 962. The van der Waals surface area contributed by atoms with Crippen LogP contribution in [0, 0.1) is 6.92 Å². The fourth-order valence-electron chi connectivity index (χ4n) is 3.88. The molecule has 1 aliphatic rings. The molecule has 0 bridgehead atoms. The van der Waals surface area contributed by atoms with Gasteiger partial charge in [-0.2, -0.15) is 0 Å². The van der Waals surface area contributed by atoms with Gasteiger partial charge in [-0.15, -0.1) is 11.8 Å². The molecule has 1 saturated heterocycles. The Morgan fingerprint density at radius 1 is 1.10 bits per heavy atom. The lowest BCUT2D eigenvalue weighted by atomic mass is 10.0. The molecule has 0 radical (unpaired) electrons. The first-order chi connectivity index (χ1) is 14.7. The number of furan rings is 1. The average Bonchev–Trinajstić information content (AvgIpc) is 3.23. The Balaban J connectivity index is 1.26. The van der Waals surface area contributed by atoms with Crippen molar-refractivity contribution in [3.05, 3.63) is 89.4 Å². The highest BCUT2D eigenvalue weighted by Crippen LogP contribution is 2.25. The van der Waals surface area contributed by atoms with E-state index in [4.69, 9.17) is 4.42 Å². The topological polar surface area (TPSA) is 45.5 Å². The first-order valence-electron chi connectivity index (χ1n) is 10.5. The molecule has 0 atom stereocenters. The molecule has 1 aromatic heterocycles. The van der Waals surface area contributed by atoms with Crippen LogP contribution in [0.15, 0.2) is 76.2 Å². The van der Waals surface area contributed by atoms with Gasteiger partial charge in [-0.25, -0.2) is 0 Å². The quantitative estimate of drug-likeness (QED) is 0.529. The third-order valence-corrected chi connectivity index (χ3v) is 6.56. The van der Waals surface area contributed by atoms with Crippen LogP contribution in [0.1, 0.15) is 40.1 Å². The maximum atomic E-state index is 12.8. The first kappa shape index (κ1) is 20.8. The second-order valence-electron chi connectivity index (χ2n) is 7.89. The number of hydrogen-bond acceptors (Lipinski definition) is 4. The van der Waals surface area contributed by atoms with E-state index in [0.29, 0.717) is 5.76 Å². The monoisotopic (exact) mass is 420 g/mol. The summed E-state index contributed by atoms with van der Waals surface area (Å²) in [4.78, 5) is 16.4. The van der Waals surface area contributed by atoms with Crippen molar-refractivity contribution >= 4 is 17.7 Å². The maximum absolute atomic E-state index is 12.8. The van der Waals surface area contributed by atoms with Crippen LogP contribution in [0.4, 0.5) is 0 Å². The van der Waals surface area contributed by atoms with Crippen molar-refractivity contribution in [1.29, 1.82) is 0 Å². The minimum atomic E-state index is -0.0965. The van der Waals surface area contributed by atoms with Gasteiger partial charge in [0, 0.05) is 41.9 Å². The van der Waals surface area contributed by atoms with Gasteiger partial charge in [0.05, 0.1) is 6.26 Å². The van der Waals surface area contributed by atoms with Crippen LogP contribution in [-0.2, 0) is 12.3 Å². The normalized spacial score (nSPS) is 15.2. The van der Waals surface area contributed by atoms with Crippen LogP contribution in [0.2, 0.25) is 0 Å². The van der Waals surface area contributed by atoms with Gasteiger partial charge in [-0.1, -0.05) is 48.0 Å². The molecule has 2 aromatic carbocycles. The summed E-state index contributed by atoms with van der Waals surface area (Å²) in [5.41, 5.74) is 3.60. The molecule has 1 aliphatic heterocycles. The summed E-state index contributed by atoms with van der Waals surface area (Å²) in [7, 11) is 0. The van der Waals surface area contributed by atoms with Gasteiger partial charge in [0.2, 0.25) is 0 Å². The molecule has 4 rings (SSSR count). The average molecular weight is 421 g/mol. The number of thioether (sulfide) groups is 1. The van der Waals surface area contributed by atoms with Crippen LogP contribution in [0.25, 0.3) is 0 Å². The minimum absolute atomic E-state index is 0.0965. The third-order valence-electron chi connectivity index (χ3n) is 5.50. The molecule has 1 fully saturated rings. The molecule has 0 saturated carbocycles. The van der Waals surface area contributed by atoms with Gasteiger partial charge in [-0.05, 0) is 43.5 Å². The second kappa shape index (κ2) is 10.0. The predicted molar refractivity (Wildman–Crippen MR) is 122 cm³/mol. The fourth-order valence-corrected chi connectivity index (χ4v) is 4.78. The van der Waals surface area contributed by atoms with Gasteiger partial charge in [0.25, 0.3) is 5.91 Å². The lowest BCUT2D eigenvalue weighted by Crippen LogP contribution is -2.44. The number of hydrogen-bond donors (Lipinski definition) is 1. The van der Waals surface area contributed by atoms with E-state index in [9.17, 15) is 4.79 Å². The highest BCUT2D eigenvalue weighted by Gasteiger charge is 2.23. The minimum Gasteiger partial charge on any atom is -0.459 e. The number of nitrogens with one attached hydrogen (secondary N) is 1. The summed E-state index contributed by atoms with van der Waals surface area (Å²) in [5.74, 6) is 1.07. The number of benzene rings is 2. The van der Waals surface area contributed by atoms with E-state index < -0.39 is 0 Å². The van der Waals surface area contributed by atoms with Crippen LogP contribution >= 0.6 is 11.8 Å². The summed E-state index contributed by atoms with van der Waals surface area (Å²) >= 11 is 1.71. The molecule has 0 spiro atoms. The molecule has 156 valence electrons. The molecule has 1 N–H and O–H groups in total. The molecular weight excluding hydrogens is 392 g/mol. The Hall–Kier alpha value is -2.50. The molecule has 4 nitrogen and oxygen atoms in total. The molecule has 1 amide bonds. The number of amides is 1. The van der Waals surface area contributed by atoms with Gasteiger partial charge < -0.3 is 9.73 Å². The molecule has 2 heterocycles. The van der Waals surface area contributed by atoms with E-state index in [0.717, 1.165) is 43.8 Å².